The van der Waals surface area contributed by atoms with Gasteiger partial charge in [0.15, 0.2) is 0 Å². The highest BCUT2D eigenvalue weighted by Gasteiger charge is 2.24. The van der Waals surface area contributed by atoms with Crippen LogP contribution in [0.5, 0.6) is 0 Å². The average Bonchev–Trinajstić information content (AvgIpc) is 2.97. The summed E-state index contributed by atoms with van der Waals surface area (Å²) in [6.45, 7) is 33.1. The zero-order valence-corrected chi connectivity index (χ0v) is 34.3. The molecule has 0 bridgehead atoms. The van der Waals surface area contributed by atoms with Crippen LogP contribution in [-0.4, -0.2) is 78.4 Å². The summed E-state index contributed by atoms with van der Waals surface area (Å²) in [6.07, 6.45) is 6.01. The molecule has 2 unspecified atom stereocenters. The van der Waals surface area contributed by atoms with E-state index in [0.29, 0.717) is 36.3 Å². The van der Waals surface area contributed by atoms with E-state index in [2.05, 4.69) is 134 Å². The van der Waals surface area contributed by atoms with Crippen molar-refractivity contribution in [3.8, 4) is 0 Å². The first kappa shape index (κ1) is 57.6. The summed E-state index contributed by atoms with van der Waals surface area (Å²) in [5.74, 6) is 1.38. The molecule has 0 aromatic heterocycles. The molecule has 0 radical (unpaired) electrons. The van der Waals surface area contributed by atoms with E-state index in [1.807, 2.05) is 13.8 Å². The molecule has 0 N–H and O–H groups in total. The summed E-state index contributed by atoms with van der Waals surface area (Å²) in [5.41, 5.74) is 4.64. The second-order valence-corrected chi connectivity index (χ2v) is 17.1. The molecular weight excluding hydrogens is 683 g/mol. The van der Waals surface area contributed by atoms with E-state index in [0.717, 1.165) is 39.0 Å². The molecule has 2 heterocycles. The summed E-state index contributed by atoms with van der Waals surface area (Å²) in [7, 11) is 0. The molecule has 2 fully saturated rings. The van der Waals surface area contributed by atoms with Crippen LogP contribution in [0.4, 0.5) is 0 Å². The maximum absolute atomic E-state index is 5.83. The Morgan fingerprint density at radius 2 is 0.942 bits per heavy atom. The molecule has 308 valence electrons. The minimum atomic E-state index is 0. The van der Waals surface area contributed by atoms with Gasteiger partial charge in [-0.2, -0.15) is 0 Å². The first-order valence-electron chi connectivity index (χ1n) is 18.6. The lowest BCUT2D eigenvalue weighted by molar-refractivity contribution is -0.0711. The third kappa shape index (κ3) is 23.6. The molecule has 2 aromatic rings. The Bertz CT molecular complexity index is 1090. The number of benzene rings is 2. The number of nitrogens with zero attached hydrogens (tertiary/aromatic N) is 2. The number of rotatable bonds is 11. The Kier molecular flexibility index (Phi) is 31.3. The van der Waals surface area contributed by atoms with Gasteiger partial charge in [-0.25, -0.2) is 0 Å². The molecule has 4 nitrogen and oxygen atoms in total. The molecule has 0 spiro atoms. The van der Waals surface area contributed by atoms with Gasteiger partial charge in [-0.3, -0.25) is 9.80 Å². The van der Waals surface area contributed by atoms with E-state index in [1.54, 1.807) is 0 Å². The fraction of sp³-hybridized carbons (Fsp3) is 0.739. The summed E-state index contributed by atoms with van der Waals surface area (Å²) in [5, 5.41) is 0. The van der Waals surface area contributed by atoms with Crippen molar-refractivity contribution in [2.45, 2.75) is 173 Å². The average molecular weight is 772 g/mol. The number of hydrogen-bond acceptors (Lipinski definition) is 4. The number of morpholine rings is 2. The molecule has 4 rings (SSSR count). The fourth-order valence-electron chi connectivity index (χ4n) is 6.59. The van der Waals surface area contributed by atoms with Crippen molar-refractivity contribution in [2.75, 3.05) is 39.3 Å². The highest BCUT2D eigenvalue weighted by Crippen LogP contribution is 2.27. The second kappa shape index (κ2) is 28.3. The maximum Gasteiger partial charge on any atom is 0.0678 e. The number of hydrogen-bond donors (Lipinski definition) is 0. The Morgan fingerprint density at radius 3 is 1.25 bits per heavy atom. The molecule has 0 saturated carbocycles. The maximum atomic E-state index is 5.83. The highest BCUT2D eigenvalue weighted by molar-refractivity contribution is 6.23. The van der Waals surface area contributed by atoms with Crippen LogP contribution in [0.3, 0.4) is 0 Å². The van der Waals surface area contributed by atoms with Gasteiger partial charge >= 0.3 is 0 Å². The SMILES string of the molecule is C.C.C.C.CC(Cc1ccccc1)CN1C[C@@H](C)O[C@@H](C)C1.CCC(C)(C)Cl.CCC(C)(C)c1ccc(CC(C)CN2C[C@@H](C)O[C@@H](C)C2)cc1.Cl. The van der Waals surface area contributed by atoms with Crippen molar-refractivity contribution in [2.24, 2.45) is 11.8 Å². The van der Waals surface area contributed by atoms with Gasteiger partial charge in [-0.15, -0.1) is 24.0 Å². The minimum absolute atomic E-state index is 0. The van der Waals surface area contributed by atoms with E-state index in [-0.39, 0.29) is 52.4 Å². The second-order valence-electron chi connectivity index (χ2n) is 16.1. The van der Waals surface area contributed by atoms with Crippen LogP contribution >= 0.6 is 24.0 Å². The zero-order chi connectivity index (χ0) is 35.2. The van der Waals surface area contributed by atoms with E-state index < -0.39 is 0 Å². The largest absolute Gasteiger partial charge is 0.373 e. The van der Waals surface area contributed by atoms with E-state index in [9.17, 15) is 0 Å². The minimum Gasteiger partial charge on any atom is -0.373 e. The summed E-state index contributed by atoms with van der Waals surface area (Å²) in [6, 6.07) is 20.1. The molecule has 2 saturated heterocycles. The van der Waals surface area contributed by atoms with Crippen LogP contribution in [0.15, 0.2) is 54.6 Å². The molecule has 0 amide bonds. The van der Waals surface area contributed by atoms with Crippen molar-refractivity contribution in [1.29, 1.82) is 0 Å². The van der Waals surface area contributed by atoms with Crippen molar-refractivity contribution in [3.05, 3.63) is 71.3 Å². The van der Waals surface area contributed by atoms with Crippen molar-refractivity contribution >= 4 is 24.0 Å². The van der Waals surface area contributed by atoms with Gasteiger partial charge in [0.2, 0.25) is 0 Å². The van der Waals surface area contributed by atoms with E-state index in [4.69, 9.17) is 21.1 Å². The van der Waals surface area contributed by atoms with Gasteiger partial charge in [0, 0.05) is 44.1 Å². The van der Waals surface area contributed by atoms with Gasteiger partial charge in [0.1, 0.15) is 0 Å². The molecular formula is C46H88Cl2N2O2. The third-order valence-corrected chi connectivity index (χ3v) is 9.87. The lowest BCUT2D eigenvalue weighted by atomic mass is 9.82. The predicted molar refractivity (Wildman–Crippen MR) is 239 cm³/mol. The van der Waals surface area contributed by atoms with Crippen LogP contribution in [0.25, 0.3) is 0 Å². The normalized spacial score (nSPS) is 21.6. The lowest BCUT2D eigenvalue weighted by Crippen LogP contribution is -2.47. The molecule has 52 heavy (non-hydrogen) atoms. The van der Waals surface area contributed by atoms with Gasteiger partial charge in [0.05, 0.1) is 24.4 Å². The molecule has 2 aliphatic heterocycles. The number of ether oxygens (including phenoxy) is 2. The van der Waals surface area contributed by atoms with Gasteiger partial charge in [-0.1, -0.05) is 126 Å². The number of alkyl halides is 1. The molecule has 6 heteroatoms. The number of halogens is 2. The smallest absolute Gasteiger partial charge is 0.0678 e. The van der Waals surface area contributed by atoms with Crippen LogP contribution in [-0.2, 0) is 27.7 Å². The van der Waals surface area contributed by atoms with Crippen molar-refractivity contribution in [3.63, 3.8) is 0 Å². The predicted octanol–water partition coefficient (Wildman–Crippen LogP) is 13.0. The van der Waals surface area contributed by atoms with E-state index >= 15 is 0 Å². The Balaban J connectivity index is -0.000000359. The Hall–Kier alpha value is -1.14. The molecule has 2 aliphatic rings. The summed E-state index contributed by atoms with van der Waals surface area (Å²) < 4.78 is 11.6. The fourth-order valence-corrected chi connectivity index (χ4v) is 6.59. The van der Waals surface area contributed by atoms with Gasteiger partial charge in [0.25, 0.3) is 0 Å². The third-order valence-electron chi connectivity index (χ3n) is 9.60. The van der Waals surface area contributed by atoms with E-state index in [1.165, 1.54) is 42.6 Å². The van der Waals surface area contributed by atoms with Crippen LogP contribution < -0.4 is 0 Å². The standard InChI is InChI=1S/C21H35NO.C16H25NO.C5H11Cl.4CH4.ClH/c1-7-21(5,6)20-10-8-19(9-11-20)12-16(2)13-22-14-17(3)23-18(4)15-22;1-13(9-16-7-5-4-6-8-16)10-17-11-14(2)18-15(3)12-17;1-4-5(2,3)6;;;;;/h8-11,16-18H,7,12-15H2,1-6H3;4-8,13-15H,9-12H2,1-3H3;4H2,1-3H3;4*1H4;1H/t16?,17-,18+;13?,14-,15+;;;;;;. The lowest BCUT2D eigenvalue weighted by Gasteiger charge is -2.36. The molecule has 6 atom stereocenters. The summed E-state index contributed by atoms with van der Waals surface area (Å²) >= 11 is 5.72. The summed E-state index contributed by atoms with van der Waals surface area (Å²) in [4.78, 5) is 5.13. The van der Waals surface area contributed by atoms with Crippen LogP contribution in [0.2, 0.25) is 0 Å². The Morgan fingerprint density at radius 1 is 0.615 bits per heavy atom. The first-order chi connectivity index (χ1) is 22.0. The topological polar surface area (TPSA) is 24.9 Å². The van der Waals surface area contributed by atoms with Gasteiger partial charge in [-0.05, 0) is 101 Å². The quantitative estimate of drug-likeness (QED) is 0.212. The van der Waals surface area contributed by atoms with Gasteiger partial charge < -0.3 is 9.47 Å². The van der Waals surface area contributed by atoms with Crippen molar-refractivity contribution < 1.29 is 9.47 Å². The molecule has 0 aliphatic carbocycles. The molecule has 2 aromatic carbocycles. The Labute approximate surface area is 337 Å². The van der Waals surface area contributed by atoms with Crippen LogP contribution in [0, 0.1) is 11.8 Å². The van der Waals surface area contributed by atoms with Crippen molar-refractivity contribution in [1.82, 2.24) is 9.80 Å². The monoisotopic (exact) mass is 771 g/mol. The van der Waals surface area contributed by atoms with Crippen LogP contribution in [0.1, 0.15) is 142 Å². The highest BCUT2D eigenvalue weighted by atomic mass is 35.5. The zero-order valence-electron chi connectivity index (χ0n) is 32.7. The first-order valence-corrected chi connectivity index (χ1v) is 18.9.